The third-order valence-electron chi connectivity index (χ3n) is 19.8. The van der Waals surface area contributed by atoms with Crippen molar-refractivity contribution in [3.8, 4) is 0 Å². The summed E-state index contributed by atoms with van der Waals surface area (Å²) < 4.78 is 6.43. The van der Waals surface area contributed by atoms with Gasteiger partial charge in [-0.2, -0.15) is 0 Å². The van der Waals surface area contributed by atoms with Crippen molar-refractivity contribution in [1.82, 2.24) is 10.6 Å². The lowest BCUT2D eigenvalue weighted by Crippen LogP contribution is -2.66. The maximum absolute atomic E-state index is 14.3. The van der Waals surface area contributed by atoms with Gasteiger partial charge in [0, 0.05) is 34.4 Å². The van der Waals surface area contributed by atoms with Crippen molar-refractivity contribution in [2.45, 2.75) is 170 Å². The van der Waals surface area contributed by atoms with Gasteiger partial charge in [-0.05, 0) is 166 Å². The van der Waals surface area contributed by atoms with Crippen LogP contribution in [0.25, 0.3) is 0 Å². The number of allylic oxidation sites excluding steroid dienone is 1. The number of fused-ring (bicyclic) bond motifs is 7. The van der Waals surface area contributed by atoms with E-state index in [0.29, 0.717) is 61.1 Å². The Balaban J connectivity index is 1.11. The Hall–Kier alpha value is -3.28. The van der Waals surface area contributed by atoms with Crippen molar-refractivity contribution in [1.29, 1.82) is 0 Å². The van der Waals surface area contributed by atoms with Gasteiger partial charge in [0.2, 0.25) is 5.91 Å². The summed E-state index contributed by atoms with van der Waals surface area (Å²) in [5.74, 6) is -1.95. The number of aliphatic hydroxyl groups is 1. The molecule has 12 atom stereocenters. The number of ether oxygens (including phenoxy) is 1. The van der Waals surface area contributed by atoms with Crippen LogP contribution in [0.5, 0.6) is 0 Å². The highest BCUT2D eigenvalue weighted by molar-refractivity contribution is 6.30. The first kappa shape index (κ1) is 49.6. The van der Waals surface area contributed by atoms with Crippen LogP contribution in [0.4, 0.5) is 0 Å². The van der Waals surface area contributed by atoms with Crippen molar-refractivity contribution in [2.24, 2.45) is 73.7 Å². The number of unbranched alkanes of at least 4 members (excludes halogenated alkanes) is 1. The number of ketones is 1. The van der Waals surface area contributed by atoms with E-state index < -0.39 is 52.1 Å². The fraction of sp³-hybridized carbons (Fsp3) is 0.755. The van der Waals surface area contributed by atoms with E-state index in [1.54, 1.807) is 31.2 Å². The topological polar surface area (TPSA) is 185 Å². The van der Waals surface area contributed by atoms with Crippen LogP contribution < -0.4 is 16.4 Å². The van der Waals surface area contributed by atoms with E-state index in [9.17, 15) is 34.2 Å². The van der Waals surface area contributed by atoms with Crippen LogP contribution >= 0.6 is 11.6 Å². The fourth-order valence-corrected chi connectivity index (χ4v) is 15.7. The Labute approximate surface area is 392 Å². The molecule has 12 heteroatoms. The van der Waals surface area contributed by atoms with Crippen LogP contribution in [-0.2, 0) is 23.9 Å². The van der Waals surface area contributed by atoms with Crippen LogP contribution in [0.15, 0.2) is 35.4 Å². The highest BCUT2D eigenvalue weighted by Crippen LogP contribution is 2.77. The lowest BCUT2D eigenvalue weighted by atomic mass is 9.33. The molecule has 11 nitrogen and oxygen atoms in total. The first-order valence-corrected chi connectivity index (χ1v) is 25.1. The first-order chi connectivity index (χ1) is 30.2. The number of rotatable bonds is 14. The standard InChI is InChI=1S/C53H78ClN3O8/c1-30(2)41-36(58)28-53(39(59)29-56-46(64)52(10,21-11-12-26-55)57-43(60)31-13-15-32(54)16-14-31)25-24-50(8)33(42(41)53)17-18-38-49(7)22-20-40(48(5,6)37(49)19-23-51(38,50)9)65-45(63)35-27-34(44(61)62)47(35,3)4/h13-16,30,33-35,37-40,59H,11-12,17-29,55H2,1-10H3,(H,56,64)(H,57,60)(H,61,62)/t33-,34+,35-,37+,38-,39+,40+,49+,50-,51-,52?,53+/m1/s1. The second-order valence-corrected chi connectivity index (χ2v) is 24.3. The van der Waals surface area contributed by atoms with Gasteiger partial charge in [0.1, 0.15) is 11.6 Å². The number of carbonyl (C=O) groups excluding carboxylic acids is 4. The van der Waals surface area contributed by atoms with Crippen LogP contribution in [0.3, 0.4) is 0 Å². The summed E-state index contributed by atoms with van der Waals surface area (Å²) in [4.78, 5) is 67.6. The van der Waals surface area contributed by atoms with Crippen molar-refractivity contribution in [3.05, 3.63) is 46.0 Å². The molecule has 65 heavy (non-hydrogen) atoms. The van der Waals surface area contributed by atoms with Crippen molar-refractivity contribution < 1.29 is 38.9 Å². The highest BCUT2D eigenvalue weighted by atomic mass is 35.5. The van der Waals surface area contributed by atoms with E-state index in [1.807, 2.05) is 13.8 Å². The number of amides is 2. The molecule has 1 unspecified atom stereocenters. The zero-order chi connectivity index (χ0) is 47.9. The van der Waals surface area contributed by atoms with Gasteiger partial charge >= 0.3 is 11.9 Å². The Morgan fingerprint density at radius 2 is 1.55 bits per heavy atom. The van der Waals surface area contributed by atoms with Gasteiger partial charge in [-0.15, -0.1) is 0 Å². The van der Waals surface area contributed by atoms with Crippen molar-refractivity contribution >= 4 is 41.1 Å². The van der Waals surface area contributed by atoms with Gasteiger partial charge in [-0.3, -0.25) is 24.0 Å². The van der Waals surface area contributed by atoms with Gasteiger partial charge in [-0.1, -0.05) is 79.5 Å². The number of Topliss-reactive ketones (excluding diaryl/α,β-unsaturated/α-hetero) is 1. The van der Waals surface area contributed by atoms with E-state index in [1.165, 1.54) is 0 Å². The van der Waals surface area contributed by atoms with E-state index in [-0.39, 0.29) is 64.3 Å². The minimum absolute atomic E-state index is 0.00357. The predicted octanol–water partition coefficient (Wildman–Crippen LogP) is 9.07. The zero-order valence-corrected chi connectivity index (χ0v) is 41.6. The zero-order valence-electron chi connectivity index (χ0n) is 40.8. The average molecular weight is 921 g/mol. The minimum Gasteiger partial charge on any atom is -0.481 e. The van der Waals surface area contributed by atoms with Gasteiger partial charge in [0.05, 0.1) is 17.9 Å². The van der Waals surface area contributed by atoms with Crippen LogP contribution in [0.2, 0.25) is 5.02 Å². The molecule has 0 bridgehead atoms. The van der Waals surface area contributed by atoms with E-state index in [0.717, 1.165) is 56.1 Å². The number of aliphatic carboxylic acids is 1. The number of benzene rings is 1. The SMILES string of the molecule is CC(C)C1=C2[C@H]3CC[C@@H]4[C@@]5(C)CC[C@H](OC(=O)[C@H]6C[C@@H](C(=O)O)C6(C)C)C(C)(C)[C@@H]5CC[C@@]4(C)[C@]3(C)CC[C@@]2([C@@H](O)CNC(=O)C(C)(CCCCN)NC(=O)c2ccc(Cl)cc2)CC1=O. The monoisotopic (exact) mass is 920 g/mol. The molecule has 6 N–H and O–H groups in total. The number of carboxylic acids is 1. The lowest BCUT2D eigenvalue weighted by molar-refractivity contribution is -0.238. The molecule has 5 fully saturated rings. The van der Waals surface area contributed by atoms with Gasteiger partial charge in [0.15, 0.2) is 5.78 Å². The molecule has 0 spiro atoms. The number of halogens is 1. The molecule has 1 aromatic rings. The highest BCUT2D eigenvalue weighted by Gasteiger charge is 2.71. The third kappa shape index (κ3) is 7.91. The number of carbonyl (C=O) groups is 5. The Morgan fingerprint density at radius 1 is 0.877 bits per heavy atom. The van der Waals surface area contributed by atoms with Crippen LogP contribution in [0, 0.1) is 68.0 Å². The fourth-order valence-electron chi connectivity index (χ4n) is 15.6. The van der Waals surface area contributed by atoms with E-state index in [2.05, 4.69) is 59.1 Å². The smallest absolute Gasteiger partial charge is 0.309 e. The van der Waals surface area contributed by atoms with Crippen molar-refractivity contribution in [3.63, 3.8) is 0 Å². The molecule has 0 aliphatic heterocycles. The molecule has 2 amide bonds. The normalized spacial score (nSPS) is 37.0. The van der Waals surface area contributed by atoms with Crippen molar-refractivity contribution in [2.75, 3.05) is 13.1 Å². The summed E-state index contributed by atoms with van der Waals surface area (Å²) in [5, 5.41) is 28.7. The summed E-state index contributed by atoms with van der Waals surface area (Å²) in [6.45, 7) is 22.1. The van der Waals surface area contributed by atoms with Crippen LogP contribution in [0.1, 0.15) is 163 Å². The quantitative estimate of drug-likeness (QED) is 0.0897. The largest absolute Gasteiger partial charge is 0.481 e. The Kier molecular flexibility index (Phi) is 13.2. The second-order valence-electron chi connectivity index (χ2n) is 23.9. The number of esters is 1. The Morgan fingerprint density at radius 3 is 2.17 bits per heavy atom. The van der Waals surface area contributed by atoms with Crippen LogP contribution in [-0.4, -0.2) is 70.6 Å². The molecule has 0 saturated heterocycles. The number of hydrogen-bond donors (Lipinski definition) is 5. The summed E-state index contributed by atoms with van der Waals surface area (Å²) in [5.41, 5.74) is 4.99. The number of nitrogens with two attached hydrogens (primary N) is 1. The molecule has 6 aliphatic carbocycles. The van der Waals surface area contributed by atoms with Gasteiger partial charge in [0.25, 0.3) is 5.91 Å². The summed E-state index contributed by atoms with van der Waals surface area (Å²) in [6, 6.07) is 6.51. The number of hydrogen-bond acceptors (Lipinski definition) is 8. The number of aliphatic hydroxyl groups excluding tert-OH is 1. The van der Waals surface area contributed by atoms with Gasteiger partial charge < -0.3 is 31.3 Å². The molecule has 0 aromatic heterocycles. The molecule has 0 heterocycles. The molecule has 6 aliphatic rings. The van der Waals surface area contributed by atoms with E-state index >= 15 is 0 Å². The molecule has 5 saturated carbocycles. The maximum Gasteiger partial charge on any atom is 0.309 e. The minimum atomic E-state index is -1.28. The first-order valence-electron chi connectivity index (χ1n) is 24.7. The summed E-state index contributed by atoms with van der Waals surface area (Å²) >= 11 is 6.08. The molecular formula is C53H78ClN3O8. The molecular weight excluding hydrogens is 842 g/mol. The summed E-state index contributed by atoms with van der Waals surface area (Å²) in [6.07, 6.45) is 8.08. The Bertz CT molecular complexity index is 2100. The average Bonchev–Trinajstić information content (AvgIpc) is 3.54. The maximum atomic E-state index is 14.3. The summed E-state index contributed by atoms with van der Waals surface area (Å²) in [7, 11) is 0. The molecule has 360 valence electrons. The number of nitrogens with one attached hydrogen (secondary N) is 2. The molecule has 0 radical (unpaired) electrons. The molecule has 7 rings (SSSR count). The second kappa shape index (κ2) is 17.4. The lowest BCUT2D eigenvalue weighted by Gasteiger charge is -2.72. The molecule has 1 aromatic carbocycles. The number of carboxylic acid groups (broad SMARTS) is 1. The third-order valence-corrected chi connectivity index (χ3v) is 20.0. The van der Waals surface area contributed by atoms with E-state index in [4.69, 9.17) is 22.1 Å². The predicted molar refractivity (Wildman–Crippen MR) is 252 cm³/mol. The van der Waals surface area contributed by atoms with Gasteiger partial charge in [-0.25, -0.2) is 0 Å².